The van der Waals surface area contributed by atoms with Crippen LogP contribution in [0.1, 0.15) is 30.9 Å². The zero-order valence-corrected chi connectivity index (χ0v) is 17.7. The van der Waals surface area contributed by atoms with Crippen LogP contribution in [0.15, 0.2) is 70.2 Å². The monoisotopic (exact) mass is 439 g/mol. The number of nitrogens with zero attached hydrogens (tertiary/aromatic N) is 2. The number of nitrogens with one attached hydrogen (secondary N) is 1. The molecule has 1 N–H and O–H groups in total. The largest absolute Gasteiger partial charge is 0.299 e. The van der Waals surface area contributed by atoms with Crippen molar-refractivity contribution < 1.29 is 4.79 Å². The van der Waals surface area contributed by atoms with E-state index in [1.807, 2.05) is 49.4 Å². The van der Waals surface area contributed by atoms with Crippen LogP contribution in [-0.4, -0.2) is 29.6 Å². The third-order valence-corrected chi connectivity index (χ3v) is 5.47. The summed E-state index contributed by atoms with van der Waals surface area (Å²) in [5, 5.41) is 4.22. The summed E-state index contributed by atoms with van der Waals surface area (Å²) < 4.78 is 1.10. The lowest BCUT2D eigenvalue weighted by atomic mass is 9.96. The number of likely N-dealkylation sites (tertiary alicyclic amines) is 1. The molecule has 0 atom stereocenters. The number of allylic oxidation sites excluding steroid dienone is 1. The molecule has 1 aliphatic rings. The molecule has 0 unspecified atom stereocenters. The Balaban J connectivity index is 1.43. The number of hydrogen-bond acceptors (Lipinski definition) is 3. The van der Waals surface area contributed by atoms with Crippen molar-refractivity contribution in [1.82, 2.24) is 10.3 Å². The van der Waals surface area contributed by atoms with Crippen LogP contribution >= 0.6 is 15.9 Å². The molecule has 0 bridgehead atoms. The Morgan fingerprint density at radius 1 is 1.14 bits per heavy atom. The van der Waals surface area contributed by atoms with Crippen LogP contribution in [-0.2, 0) is 11.3 Å². The average molecular weight is 440 g/mol. The van der Waals surface area contributed by atoms with Gasteiger partial charge in [-0.1, -0.05) is 64.5 Å². The third kappa shape index (κ3) is 6.43. The number of rotatable bonds is 6. The van der Waals surface area contributed by atoms with E-state index >= 15 is 0 Å². The second kappa shape index (κ2) is 10.3. The van der Waals surface area contributed by atoms with E-state index in [1.165, 1.54) is 5.56 Å². The Labute approximate surface area is 175 Å². The van der Waals surface area contributed by atoms with Crippen LogP contribution in [0.3, 0.4) is 0 Å². The van der Waals surface area contributed by atoms with Gasteiger partial charge in [-0.2, -0.15) is 5.10 Å². The lowest BCUT2D eigenvalue weighted by Crippen LogP contribution is -2.39. The molecule has 2 aromatic rings. The SMILES string of the molecule is CC(C=Cc1ccccc1)=NNC(=O)C1CCN(Cc2ccc(Br)cc2)CC1. The third-order valence-electron chi connectivity index (χ3n) is 4.94. The standard InChI is InChI=1S/C23H26BrN3O/c1-18(7-8-19-5-3-2-4-6-19)25-26-23(28)21-13-15-27(16-14-21)17-20-9-11-22(24)12-10-20/h2-12,21H,13-17H2,1H3,(H,26,28). The van der Waals surface area contributed by atoms with E-state index in [0.717, 1.165) is 48.2 Å². The van der Waals surface area contributed by atoms with Crippen LogP contribution in [0, 0.1) is 5.92 Å². The van der Waals surface area contributed by atoms with Crippen LogP contribution < -0.4 is 5.43 Å². The zero-order chi connectivity index (χ0) is 19.8. The first-order valence-electron chi connectivity index (χ1n) is 9.64. The summed E-state index contributed by atoms with van der Waals surface area (Å²) >= 11 is 3.47. The number of carbonyl (C=O) groups excluding carboxylic acids is 1. The molecule has 146 valence electrons. The molecule has 0 radical (unpaired) electrons. The topological polar surface area (TPSA) is 44.7 Å². The van der Waals surface area contributed by atoms with Gasteiger partial charge in [0.1, 0.15) is 0 Å². The van der Waals surface area contributed by atoms with Crippen molar-refractivity contribution in [3.8, 4) is 0 Å². The number of benzene rings is 2. The summed E-state index contributed by atoms with van der Waals surface area (Å²) in [4.78, 5) is 14.8. The number of amides is 1. The van der Waals surface area contributed by atoms with Gasteiger partial charge in [0.05, 0.1) is 5.71 Å². The molecule has 0 saturated carbocycles. The van der Waals surface area contributed by atoms with Gasteiger partial charge in [0.2, 0.25) is 5.91 Å². The van der Waals surface area contributed by atoms with Crippen LogP contribution in [0.4, 0.5) is 0 Å². The first kappa shape index (κ1) is 20.5. The lowest BCUT2D eigenvalue weighted by molar-refractivity contribution is -0.126. The maximum absolute atomic E-state index is 12.4. The quantitative estimate of drug-likeness (QED) is 0.515. The molecule has 2 aromatic carbocycles. The summed E-state index contributed by atoms with van der Waals surface area (Å²) in [5.41, 5.74) is 5.93. The molecule has 1 heterocycles. The Bertz CT molecular complexity index is 823. The smallest absolute Gasteiger partial charge is 0.243 e. The highest BCUT2D eigenvalue weighted by atomic mass is 79.9. The molecule has 1 saturated heterocycles. The van der Waals surface area contributed by atoms with Crippen molar-refractivity contribution in [1.29, 1.82) is 0 Å². The highest BCUT2D eigenvalue weighted by Crippen LogP contribution is 2.20. The minimum absolute atomic E-state index is 0.0238. The van der Waals surface area contributed by atoms with Gasteiger partial charge < -0.3 is 0 Å². The average Bonchev–Trinajstić information content (AvgIpc) is 2.73. The van der Waals surface area contributed by atoms with Crippen LogP contribution in [0.5, 0.6) is 0 Å². The van der Waals surface area contributed by atoms with Crippen molar-refractivity contribution in [3.05, 3.63) is 76.3 Å². The van der Waals surface area contributed by atoms with E-state index in [-0.39, 0.29) is 11.8 Å². The summed E-state index contributed by atoms with van der Waals surface area (Å²) in [7, 11) is 0. The van der Waals surface area contributed by atoms with E-state index in [2.05, 4.69) is 55.6 Å². The van der Waals surface area contributed by atoms with Crippen LogP contribution in [0.25, 0.3) is 6.08 Å². The van der Waals surface area contributed by atoms with Gasteiger partial charge in [-0.15, -0.1) is 0 Å². The molecule has 1 aliphatic heterocycles. The van der Waals surface area contributed by atoms with E-state index in [4.69, 9.17) is 0 Å². The Morgan fingerprint density at radius 3 is 2.50 bits per heavy atom. The van der Waals surface area contributed by atoms with Gasteiger partial charge in [0.15, 0.2) is 0 Å². The molecule has 0 aliphatic carbocycles. The predicted molar refractivity (Wildman–Crippen MR) is 119 cm³/mol. The molecule has 3 rings (SSSR count). The zero-order valence-electron chi connectivity index (χ0n) is 16.1. The van der Waals surface area contributed by atoms with Gasteiger partial charge in [0.25, 0.3) is 0 Å². The number of piperidine rings is 1. The summed E-state index contributed by atoms with van der Waals surface area (Å²) in [6, 6.07) is 18.5. The molecular formula is C23H26BrN3O. The Hall–Kier alpha value is -2.24. The molecule has 4 nitrogen and oxygen atoms in total. The van der Waals surface area contributed by atoms with E-state index in [9.17, 15) is 4.79 Å². The molecule has 1 amide bonds. The molecule has 0 spiro atoms. The Morgan fingerprint density at radius 2 is 1.82 bits per heavy atom. The van der Waals surface area contributed by atoms with Crippen molar-refractivity contribution in [3.63, 3.8) is 0 Å². The van der Waals surface area contributed by atoms with E-state index in [0.29, 0.717) is 0 Å². The molecule has 0 aromatic heterocycles. The molecule has 5 heteroatoms. The fraction of sp³-hybridized carbons (Fsp3) is 0.304. The van der Waals surface area contributed by atoms with Crippen molar-refractivity contribution >= 4 is 33.6 Å². The van der Waals surface area contributed by atoms with Gasteiger partial charge in [0, 0.05) is 16.9 Å². The molecule has 28 heavy (non-hydrogen) atoms. The number of hydrogen-bond donors (Lipinski definition) is 1. The summed E-state index contributed by atoms with van der Waals surface area (Å²) in [6.45, 7) is 4.69. The van der Waals surface area contributed by atoms with Crippen molar-refractivity contribution in [2.24, 2.45) is 11.0 Å². The minimum atomic E-state index is 0.0238. The molecule has 1 fully saturated rings. The van der Waals surface area contributed by atoms with Crippen molar-refractivity contribution in [2.75, 3.05) is 13.1 Å². The summed E-state index contributed by atoms with van der Waals surface area (Å²) in [6.07, 6.45) is 5.65. The maximum atomic E-state index is 12.4. The highest BCUT2D eigenvalue weighted by Gasteiger charge is 2.24. The van der Waals surface area contributed by atoms with Gasteiger partial charge in [-0.3, -0.25) is 9.69 Å². The number of hydrazone groups is 1. The summed E-state index contributed by atoms with van der Waals surface area (Å²) in [5.74, 6) is 0.0616. The highest BCUT2D eigenvalue weighted by molar-refractivity contribution is 9.10. The lowest BCUT2D eigenvalue weighted by Gasteiger charge is -2.30. The minimum Gasteiger partial charge on any atom is -0.299 e. The Kier molecular flexibility index (Phi) is 7.57. The van der Waals surface area contributed by atoms with Gasteiger partial charge in [-0.25, -0.2) is 5.43 Å². The number of carbonyl (C=O) groups is 1. The van der Waals surface area contributed by atoms with E-state index in [1.54, 1.807) is 0 Å². The van der Waals surface area contributed by atoms with Gasteiger partial charge >= 0.3 is 0 Å². The first-order chi connectivity index (χ1) is 13.6. The fourth-order valence-electron chi connectivity index (χ4n) is 3.25. The van der Waals surface area contributed by atoms with E-state index < -0.39 is 0 Å². The van der Waals surface area contributed by atoms with Crippen molar-refractivity contribution in [2.45, 2.75) is 26.3 Å². The first-order valence-corrected chi connectivity index (χ1v) is 10.4. The predicted octanol–water partition coefficient (Wildman–Crippen LogP) is 4.87. The second-order valence-electron chi connectivity index (χ2n) is 7.15. The normalized spacial score (nSPS) is 16.4. The maximum Gasteiger partial charge on any atom is 0.243 e. The van der Waals surface area contributed by atoms with Crippen LogP contribution in [0.2, 0.25) is 0 Å². The fourth-order valence-corrected chi connectivity index (χ4v) is 3.52. The number of halogens is 1. The van der Waals surface area contributed by atoms with Gasteiger partial charge in [-0.05, 0) is 62.2 Å². The second-order valence-corrected chi connectivity index (χ2v) is 8.07. The molecular weight excluding hydrogens is 414 g/mol.